The van der Waals surface area contributed by atoms with E-state index in [9.17, 15) is 0 Å². The van der Waals surface area contributed by atoms with E-state index >= 15 is 0 Å². The monoisotopic (exact) mass is 190 g/mol. The second kappa shape index (κ2) is 3.28. The van der Waals surface area contributed by atoms with Crippen LogP contribution >= 0.6 is 23.2 Å². The molecular formula is C7H8Cl2N2. The lowest BCUT2D eigenvalue weighted by Crippen LogP contribution is -1.94. The highest BCUT2D eigenvalue weighted by atomic mass is 35.5. The first-order valence-corrected chi connectivity index (χ1v) is 3.91. The van der Waals surface area contributed by atoms with Crippen molar-refractivity contribution in [2.24, 2.45) is 0 Å². The molecule has 1 aromatic heterocycles. The molecule has 0 spiro atoms. The predicted molar refractivity (Wildman–Crippen MR) is 48.5 cm³/mol. The first-order chi connectivity index (χ1) is 5.15. The molecule has 4 heteroatoms. The van der Waals surface area contributed by atoms with Gasteiger partial charge in [0.05, 0.1) is 5.69 Å². The molecule has 0 bridgehead atoms. The normalized spacial score (nSPS) is 9.82. The number of aryl methyl sites for hydroxylation is 1. The number of nitrogens with zero attached hydrogens (tertiary/aromatic N) is 1. The van der Waals surface area contributed by atoms with Gasteiger partial charge in [-0.05, 0) is 18.6 Å². The Morgan fingerprint density at radius 1 is 1.45 bits per heavy atom. The van der Waals surface area contributed by atoms with E-state index < -0.39 is 0 Å². The highest BCUT2D eigenvalue weighted by molar-refractivity contribution is 6.34. The lowest BCUT2D eigenvalue weighted by atomic mass is 10.2. The quantitative estimate of drug-likeness (QED) is 0.690. The third-order valence-corrected chi connectivity index (χ3v) is 1.86. The van der Waals surface area contributed by atoms with Gasteiger partial charge in [-0.25, -0.2) is 4.98 Å². The van der Waals surface area contributed by atoms with Crippen molar-refractivity contribution in [3.8, 4) is 0 Å². The third-order valence-electron chi connectivity index (χ3n) is 1.39. The average molecular weight is 191 g/mol. The van der Waals surface area contributed by atoms with Crippen LogP contribution in [0.5, 0.6) is 0 Å². The van der Waals surface area contributed by atoms with Gasteiger partial charge in [-0.3, -0.25) is 0 Å². The van der Waals surface area contributed by atoms with E-state index in [4.69, 9.17) is 23.2 Å². The van der Waals surface area contributed by atoms with E-state index in [0.29, 0.717) is 10.3 Å². The zero-order chi connectivity index (χ0) is 8.43. The molecule has 0 amide bonds. The van der Waals surface area contributed by atoms with Gasteiger partial charge in [0, 0.05) is 7.05 Å². The van der Waals surface area contributed by atoms with Crippen molar-refractivity contribution in [1.82, 2.24) is 4.98 Å². The molecule has 11 heavy (non-hydrogen) atoms. The average Bonchev–Trinajstić information content (AvgIpc) is 1.85. The van der Waals surface area contributed by atoms with Gasteiger partial charge in [-0.2, -0.15) is 0 Å². The molecule has 1 heterocycles. The number of aromatic nitrogens is 1. The van der Waals surface area contributed by atoms with Crippen molar-refractivity contribution < 1.29 is 0 Å². The van der Waals surface area contributed by atoms with Crippen molar-refractivity contribution in [3.05, 3.63) is 21.9 Å². The fourth-order valence-electron chi connectivity index (χ4n) is 0.896. The van der Waals surface area contributed by atoms with E-state index in [1.807, 2.05) is 6.92 Å². The summed E-state index contributed by atoms with van der Waals surface area (Å²) in [4.78, 5) is 3.87. The van der Waals surface area contributed by atoms with E-state index in [1.165, 1.54) is 0 Å². The van der Waals surface area contributed by atoms with Crippen LogP contribution in [-0.2, 0) is 0 Å². The molecule has 0 aliphatic rings. The Morgan fingerprint density at radius 3 is 2.55 bits per heavy atom. The lowest BCUT2D eigenvalue weighted by Gasteiger charge is -2.05. The van der Waals surface area contributed by atoms with Gasteiger partial charge in [0.1, 0.15) is 5.15 Å². The maximum atomic E-state index is 5.78. The topological polar surface area (TPSA) is 24.9 Å². The number of rotatable bonds is 1. The third kappa shape index (κ3) is 1.76. The van der Waals surface area contributed by atoms with E-state index in [1.54, 1.807) is 13.1 Å². The maximum absolute atomic E-state index is 5.78. The Hall–Kier alpha value is -0.470. The summed E-state index contributed by atoms with van der Waals surface area (Å²) < 4.78 is 0. The molecule has 0 radical (unpaired) electrons. The largest absolute Gasteiger partial charge is 0.385 e. The maximum Gasteiger partial charge on any atom is 0.154 e. The number of pyridine rings is 1. The number of anilines is 1. The second-order valence-electron chi connectivity index (χ2n) is 2.18. The van der Waals surface area contributed by atoms with Crippen LogP contribution in [0.15, 0.2) is 6.07 Å². The highest BCUT2D eigenvalue weighted by Crippen LogP contribution is 2.25. The Kier molecular flexibility index (Phi) is 2.58. The van der Waals surface area contributed by atoms with Gasteiger partial charge < -0.3 is 5.32 Å². The molecule has 0 aromatic carbocycles. The SMILES string of the molecule is CNc1c(C)cc(Cl)nc1Cl. The van der Waals surface area contributed by atoms with Crippen molar-refractivity contribution >= 4 is 28.9 Å². The van der Waals surface area contributed by atoms with Crippen LogP contribution in [0.2, 0.25) is 10.3 Å². The molecule has 0 saturated heterocycles. The van der Waals surface area contributed by atoms with Crippen LogP contribution in [0.3, 0.4) is 0 Å². The fourth-order valence-corrected chi connectivity index (χ4v) is 1.52. The smallest absolute Gasteiger partial charge is 0.154 e. The summed E-state index contributed by atoms with van der Waals surface area (Å²) in [6, 6.07) is 1.76. The van der Waals surface area contributed by atoms with Crippen LogP contribution in [0, 0.1) is 6.92 Å². The molecule has 1 N–H and O–H groups in total. The van der Waals surface area contributed by atoms with Crippen LogP contribution in [0.25, 0.3) is 0 Å². The molecule has 1 aromatic rings. The number of hydrogen-bond donors (Lipinski definition) is 1. The van der Waals surface area contributed by atoms with Gasteiger partial charge in [0.2, 0.25) is 0 Å². The number of halogens is 2. The van der Waals surface area contributed by atoms with E-state index in [0.717, 1.165) is 11.3 Å². The summed E-state index contributed by atoms with van der Waals surface area (Å²) in [5.41, 5.74) is 1.83. The standard InChI is InChI=1S/C7H8Cl2N2/c1-4-3-5(8)11-7(9)6(4)10-2/h3,10H,1-2H3. The molecular weight excluding hydrogens is 183 g/mol. The number of hydrogen-bond acceptors (Lipinski definition) is 2. The molecule has 0 saturated carbocycles. The van der Waals surface area contributed by atoms with Gasteiger partial charge in [-0.15, -0.1) is 0 Å². The van der Waals surface area contributed by atoms with Crippen LogP contribution < -0.4 is 5.32 Å². The molecule has 60 valence electrons. The summed E-state index contributed by atoms with van der Waals surface area (Å²) in [6.07, 6.45) is 0. The predicted octanol–water partition coefficient (Wildman–Crippen LogP) is 2.74. The minimum atomic E-state index is 0.414. The van der Waals surface area contributed by atoms with Crippen LogP contribution in [0.4, 0.5) is 5.69 Å². The molecule has 0 aliphatic heterocycles. The summed E-state index contributed by atoms with van der Waals surface area (Å²) >= 11 is 11.4. The Balaban J connectivity index is 3.25. The summed E-state index contributed by atoms with van der Waals surface area (Å²) in [7, 11) is 1.80. The Morgan fingerprint density at radius 2 is 2.09 bits per heavy atom. The summed E-state index contributed by atoms with van der Waals surface area (Å²) in [6.45, 7) is 1.92. The fraction of sp³-hybridized carbons (Fsp3) is 0.286. The van der Waals surface area contributed by atoms with Crippen molar-refractivity contribution in [1.29, 1.82) is 0 Å². The van der Waals surface area contributed by atoms with Crippen LogP contribution in [0.1, 0.15) is 5.56 Å². The zero-order valence-corrected chi connectivity index (χ0v) is 7.79. The molecule has 0 fully saturated rings. The molecule has 0 unspecified atom stereocenters. The Labute approximate surface area is 75.5 Å². The number of nitrogens with one attached hydrogen (secondary N) is 1. The zero-order valence-electron chi connectivity index (χ0n) is 6.28. The highest BCUT2D eigenvalue weighted by Gasteiger charge is 2.04. The first-order valence-electron chi connectivity index (χ1n) is 3.15. The minimum absolute atomic E-state index is 0.414. The summed E-state index contributed by atoms with van der Waals surface area (Å²) in [5.74, 6) is 0. The Bertz CT molecular complexity index is 250. The second-order valence-corrected chi connectivity index (χ2v) is 2.92. The molecule has 2 nitrogen and oxygen atoms in total. The van der Waals surface area contributed by atoms with Gasteiger partial charge >= 0.3 is 0 Å². The van der Waals surface area contributed by atoms with Crippen molar-refractivity contribution in [2.75, 3.05) is 12.4 Å². The molecule has 1 rings (SSSR count). The molecule has 0 aliphatic carbocycles. The van der Waals surface area contributed by atoms with Gasteiger partial charge in [-0.1, -0.05) is 23.2 Å². The lowest BCUT2D eigenvalue weighted by molar-refractivity contribution is 1.27. The summed E-state index contributed by atoms with van der Waals surface area (Å²) in [5, 5.41) is 3.77. The van der Waals surface area contributed by atoms with Crippen molar-refractivity contribution in [2.45, 2.75) is 6.92 Å². The van der Waals surface area contributed by atoms with E-state index in [2.05, 4.69) is 10.3 Å². The molecule has 0 atom stereocenters. The first kappa shape index (κ1) is 8.62. The minimum Gasteiger partial charge on any atom is -0.385 e. The van der Waals surface area contributed by atoms with Crippen LogP contribution in [-0.4, -0.2) is 12.0 Å². The van der Waals surface area contributed by atoms with E-state index in [-0.39, 0.29) is 0 Å². The van der Waals surface area contributed by atoms with Gasteiger partial charge in [0.15, 0.2) is 5.15 Å². The van der Waals surface area contributed by atoms with Gasteiger partial charge in [0.25, 0.3) is 0 Å². The van der Waals surface area contributed by atoms with Crippen molar-refractivity contribution in [3.63, 3.8) is 0 Å².